The molecule has 0 spiro atoms. The van der Waals surface area contributed by atoms with Gasteiger partial charge in [-0.3, -0.25) is 4.79 Å². The van der Waals surface area contributed by atoms with Crippen LogP contribution in [0.25, 0.3) is 32.8 Å². The van der Waals surface area contributed by atoms with Gasteiger partial charge in [-0.2, -0.15) is 0 Å². The van der Waals surface area contributed by atoms with Gasteiger partial charge in [0, 0.05) is 38.0 Å². The molecule has 1 aromatic heterocycles. The third-order valence-electron chi connectivity index (χ3n) is 8.68. The molecule has 243 valence electrons. The Hall–Kier alpha value is -2.47. The second-order valence-electron chi connectivity index (χ2n) is 13.6. The fourth-order valence-electron chi connectivity index (χ4n) is 6.33. The maximum atomic E-state index is 11.7. The van der Waals surface area contributed by atoms with Crippen molar-refractivity contribution in [2.45, 2.75) is 95.7 Å². The Kier molecular flexibility index (Phi) is 13.1. The van der Waals surface area contributed by atoms with Crippen molar-refractivity contribution in [2.75, 3.05) is 0 Å². The topological polar surface area (TPSA) is 59.4 Å². The summed E-state index contributed by atoms with van der Waals surface area (Å²) >= 11 is -1.74. The molecule has 6 heteroatoms. The van der Waals surface area contributed by atoms with E-state index in [9.17, 15) is 9.90 Å². The second-order valence-corrected chi connectivity index (χ2v) is 25.1. The number of aliphatic hydroxyl groups is 1. The van der Waals surface area contributed by atoms with E-state index in [0.29, 0.717) is 5.92 Å². The maximum absolute atomic E-state index is 11.7. The quantitative estimate of drug-likeness (QED) is 0.0658. The SMILES string of the molecule is CC(C)c1c2c([c-]c3ccccc13)-c1nccc3cc([CH2][Ge]([CH3])([CH3])[CH3])cc(c13)O2.CCC(CC)C(=O)/C=C(\O)C(CC)CC.[Ir]. The number of aliphatic hydroxyl groups excluding tert-OH is 1. The van der Waals surface area contributed by atoms with E-state index in [1.54, 1.807) is 0 Å². The Balaban J connectivity index is 0.000000297. The van der Waals surface area contributed by atoms with Crippen molar-refractivity contribution in [1.29, 1.82) is 0 Å². The van der Waals surface area contributed by atoms with Crippen LogP contribution in [0, 0.1) is 17.9 Å². The summed E-state index contributed by atoms with van der Waals surface area (Å²) in [7, 11) is 0. The monoisotopic (exact) mass is 847 g/mol. The largest absolute Gasteiger partial charge is 0.512 e. The van der Waals surface area contributed by atoms with Crippen LogP contribution in [0.3, 0.4) is 0 Å². The first-order valence-electron chi connectivity index (χ1n) is 16.4. The number of benzene rings is 3. The smallest absolute Gasteiger partial charge is 0.162 e. The normalized spacial score (nSPS) is 12.6. The molecule has 3 aromatic carbocycles. The molecule has 2 heterocycles. The number of hydrogen-bond acceptors (Lipinski definition) is 4. The summed E-state index contributed by atoms with van der Waals surface area (Å²) < 4.78 is 6.65. The van der Waals surface area contributed by atoms with Crippen LogP contribution < -0.4 is 4.74 Å². The van der Waals surface area contributed by atoms with E-state index >= 15 is 0 Å². The second kappa shape index (κ2) is 15.9. The van der Waals surface area contributed by atoms with Gasteiger partial charge in [-0.1, -0.05) is 27.7 Å². The predicted octanol–water partition coefficient (Wildman–Crippen LogP) is 11.4. The number of ketones is 1. The third-order valence-corrected chi connectivity index (χ3v) is 11.8. The van der Waals surface area contributed by atoms with Gasteiger partial charge >= 0.3 is 175 Å². The van der Waals surface area contributed by atoms with Crippen LogP contribution in [-0.4, -0.2) is 29.1 Å². The standard InChI is InChI=1S/C26H26GeNO.C13H24O2.Ir/c1-16(2)23-20-9-7-6-8-18(20)14-21-25-24-19(10-11-28-25)12-17(15-27(3,4)5)13-22(24)29-26(21)23;1-5-10(6-2)12(14)9-13(15)11(7-3)8-4;/h6-13,16H,15H2,1-5H3;9-11,14H,5-8H2,1-4H3;/q-1;;/b;12-9-;. The average Bonchev–Trinajstić information content (AvgIpc) is 2.96. The number of rotatable bonds is 10. The molecule has 0 saturated carbocycles. The molecule has 4 aromatic rings. The average molecular weight is 846 g/mol. The fraction of sp³-hybridized carbons (Fsp3) is 0.436. The van der Waals surface area contributed by atoms with E-state index in [1.807, 2.05) is 33.9 Å². The maximum Gasteiger partial charge on any atom is 0.162 e. The van der Waals surface area contributed by atoms with Crippen molar-refractivity contribution in [2.24, 2.45) is 11.8 Å². The molecule has 1 aliphatic rings. The number of pyridine rings is 1. The van der Waals surface area contributed by atoms with Crippen molar-refractivity contribution in [3.63, 3.8) is 0 Å². The molecule has 45 heavy (non-hydrogen) atoms. The van der Waals surface area contributed by atoms with E-state index in [1.165, 1.54) is 33.2 Å². The summed E-state index contributed by atoms with van der Waals surface area (Å²) in [6.45, 7) is 12.5. The number of nitrogens with zero attached hydrogens (tertiary/aromatic N) is 1. The minimum Gasteiger partial charge on any atom is -0.512 e. The van der Waals surface area contributed by atoms with Crippen molar-refractivity contribution in [1.82, 2.24) is 4.98 Å². The first-order valence-corrected chi connectivity index (χ1v) is 24.2. The van der Waals surface area contributed by atoms with E-state index in [4.69, 9.17) is 9.72 Å². The molecule has 5 rings (SSSR count). The molecule has 0 saturated heterocycles. The minimum atomic E-state index is -1.74. The molecule has 1 N–H and O–H groups in total. The molecule has 0 unspecified atom stereocenters. The van der Waals surface area contributed by atoms with E-state index in [0.717, 1.165) is 59.2 Å². The molecule has 0 aliphatic carbocycles. The van der Waals surface area contributed by atoms with Gasteiger partial charge in [0.15, 0.2) is 5.78 Å². The van der Waals surface area contributed by atoms with Crippen molar-refractivity contribution in [3.05, 3.63) is 77.7 Å². The van der Waals surface area contributed by atoms with Gasteiger partial charge in [0.25, 0.3) is 0 Å². The molecule has 0 amide bonds. The zero-order valence-corrected chi connectivity index (χ0v) is 33.0. The molecule has 4 nitrogen and oxygen atoms in total. The number of carbonyl (C=O) groups is 1. The zero-order chi connectivity index (χ0) is 32.2. The Morgan fingerprint density at radius 2 is 1.62 bits per heavy atom. The summed E-state index contributed by atoms with van der Waals surface area (Å²) in [6.07, 6.45) is 6.83. The molecule has 0 bridgehead atoms. The van der Waals surface area contributed by atoms with E-state index in [2.05, 4.69) is 79.6 Å². The van der Waals surface area contributed by atoms with Crippen LogP contribution >= 0.6 is 0 Å². The first kappa shape index (κ1) is 37.0. The number of fused-ring (bicyclic) bond motifs is 3. The number of carbonyl (C=O) groups excluding carboxylic acids is 1. The van der Waals surface area contributed by atoms with Crippen molar-refractivity contribution in [3.8, 4) is 22.8 Å². The van der Waals surface area contributed by atoms with Crippen molar-refractivity contribution >= 4 is 40.6 Å². The summed E-state index contributed by atoms with van der Waals surface area (Å²) in [4.78, 5) is 16.5. The number of ether oxygens (including phenoxy) is 1. The van der Waals surface area contributed by atoms with Gasteiger partial charge in [0.2, 0.25) is 0 Å². The van der Waals surface area contributed by atoms with Crippen LogP contribution in [0.4, 0.5) is 0 Å². The van der Waals surface area contributed by atoms with Crippen LogP contribution in [-0.2, 0) is 30.2 Å². The summed E-state index contributed by atoms with van der Waals surface area (Å²) in [5.74, 6) is 10.2. The summed E-state index contributed by atoms with van der Waals surface area (Å²) in [6, 6.07) is 18.8. The van der Waals surface area contributed by atoms with Gasteiger partial charge < -0.3 is 5.11 Å². The number of allylic oxidation sites excluding steroid dienone is 2. The summed E-state index contributed by atoms with van der Waals surface area (Å²) in [5, 5.41) is 15.6. The van der Waals surface area contributed by atoms with E-state index in [-0.39, 0.29) is 43.5 Å². The Morgan fingerprint density at radius 3 is 2.22 bits per heavy atom. The van der Waals surface area contributed by atoms with Crippen LogP contribution in [0.5, 0.6) is 11.5 Å². The molecule has 0 fully saturated rings. The molecule has 1 radical (unpaired) electrons. The predicted molar refractivity (Wildman–Crippen MR) is 189 cm³/mol. The minimum absolute atomic E-state index is 0. The van der Waals surface area contributed by atoms with Gasteiger partial charge in [0.05, 0.1) is 5.76 Å². The van der Waals surface area contributed by atoms with Gasteiger partial charge in [-0.15, -0.1) is 0 Å². The van der Waals surface area contributed by atoms with Crippen LogP contribution in [0.2, 0.25) is 17.3 Å². The molecule has 0 atom stereocenters. The van der Waals surface area contributed by atoms with E-state index < -0.39 is 13.3 Å². The summed E-state index contributed by atoms with van der Waals surface area (Å²) in [5.41, 5.74) is 4.62. The van der Waals surface area contributed by atoms with Gasteiger partial charge in [-0.05, 0) is 25.7 Å². The molecular weight excluding hydrogens is 795 g/mol. The fourth-order valence-corrected chi connectivity index (χ4v) is 9.33. The Labute approximate surface area is 286 Å². The first-order chi connectivity index (χ1) is 20.9. The zero-order valence-electron chi connectivity index (χ0n) is 28.5. The Bertz CT molecular complexity index is 1660. The van der Waals surface area contributed by atoms with Gasteiger partial charge in [0.1, 0.15) is 0 Å². The van der Waals surface area contributed by atoms with Gasteiger partial charge in [-0.25, -0.2) is 0 Å². The van der Waals surface area contributed by atoms with Crippen molar-refractivity contribution < 1.29 is 34.7 Å². The molecule has 1 aliphatic heterocycles. The number of aromatic nitrogens is 1. The Morgan fingerprint density at radius 1 is 0.978 bits per heavy atom. The number of hydrogen-bond donors (Lipinski definition) is 1. The third kappa shape index (κ3) is 8.47. The van der Waals surface area contributed by atoms with Crippen LogP contribution in [0.15, 0.2) is 60.5 Å². The molecular formula is C39H50GeIrNO3-. The van der Waals surface area contributed by atoms with Crippen LogP contribution in [0.1, 0.15) is 84.3 Å².